The average Bonchev–Trinajstić information content (AvgIpc) is 2.45. The quantitative estimate of drug-likeness (QED) is 0.351. The predicted octanol–water partition coefficient (Wildman–Crippen LogP) is 3.19. The van der Waals surface area contributed by atoms with Crippen LogP contribution in [0.5, 0.6) is 0 Å². The molecule has 0 aliphatic heterocycles. The summed E-state index contributed by atoms with van der Waals surface area (Å²) < 4.78 is 2.25. The van der Waals surface area contributed by atoms with Crippen LogP contribution in [0.15, 0.2) is 30.6 Å². The number of hydrogen-bond donors (Lipinski definition) is 2. The molecule has 3 heteroatoms. The van der Waals surface area contributed by atoms with Gasteiger partial charge in [-0.2, -0.15) is 0 Å². The summed E-state index contributed by atoms with van der Waals surface area (Å²) in [4.78, 5) is 0. The number of aromatic nitrogens is 1. The van der Waals surface area contributed by atoms with Crippen molar-refractivity contribution >= 4 is 0 Å². The van der Waals surface area contributed by atoms with Crippen LogP contribution in [0, 0.1) is 0 Å². The molecule has 0 amide bonds. The molecule has 0 atom stereocenters. The van der Waals surface area contributed by atoms with E-state index in [-0.39, 0.29) is 0 Å². The van der Waals surface area contributed by atoms with E-state index in [2.05, 4.69) is 35.2 Å². The molecular weight excluding hydrogens is 250 g/mol. The van der Waals surface area contributed by atoms with Gasteiger partial charge in [0, 0.05) is 18.6 Å². The van der Waals surface area contributed by atoms with E-state index < -0.39 is 6.29 Å². The van der Waals surface area contributed by atoms with Crippen LogP contribution in [0.4, 0.5) is 0 Å². The first-order valence-electron chi connectivity index (χ1n) is 8.09. The van der Waals surface area contributed by atoms with Crippen molar-refractivity contribution in [1.82, 2.24) is 0 Å². The fourth-order valence-electron chi connectivity index (χ4n) is 2.44. The minimum absolute atomic E-state index is 0.525. The van der Waals surface area contributed by atoms with Gasteiger partial charge in [-0.15, -0.1) is 0 Å². The SMILES string of the molecule is OC(O)CCCCCCCCCCC[n+]1ccccc1. The number of nitrogens with zero attached hydrogens (tertiary/aromatic N) is 1. The van der Waals surface area contributed by atoms with E-state index in [0.717, 1.165) is 19.4 Å². The van der Waals surface area contributed by atoms with E-state index in [1.807, 2.05) is 0 Å². The van der Waals surface area contributed by atoms with Crippen molar-refractivity contribution in [2.45, 2.75) is 77.0 Å². The Morgan fingerprint density at radius 1 is 0.650 bits per heavy atom. The molecule has 2 N–H and O–H groups in total. The maximum absolute atomic E-state index is 8.71. The molecule has 114 valence electrons. The summed E-state index contributed by atoms with van der Waals surface area (Å²) in [7, 11) is 0. The number of aryl methyl sites for hydroxylation is 1. The molecule has 3 nitrogen and oxygen atoms in total. The molecule has 0 aliphatic carbocycles. The summed E-state index contributed by atoms with van der Waals surface area (Å²) in [5.41, 5.74) is 0. The first-order valence-corrected chi connectivity index (χ1v) is 8.09. The first kappa shape index (κ1) is 17.1. The van der Waals surface area contributed by atoms with Gasteiger partial charge < -0.3 is 10.2 Å². The monoisotopic (exact) mass is 280 g/mol. The van der Waals surface area contributed by atoms with Crippen molar-refractivity contribution < 1.29 is 14.8 Å². The lowest BCUT2D eigenvalue weighted by Crippen LogP contribution is -2.32. The minimum Gasteiger partial charge on any atom is -0.368 e. The summed E-state index contributed by atoms with van der Waals surface area (Å²) in [6.07, 6.45) is 14.8. The van der Waals surface area contributed by atoms with E-state index in [9.17, 15) is 0 Å². The fourth-order valence-corrected chi connectivity index (χ4v) is 2.44. The number of hydrogen-bond acceptors (Lipinski definition) is 2. The molecular formula is C17H30NO2+. The lowest BCUT2D eigenvalue weighted by molar-refractivity contribution is -0.697. The average molecular weight is 280 g/mol. The molecule has 1 rings (SSSR count). The molecule has 0 bridgehead atoms. The summed E-state index contributed by atoms with van der Waals surface area (Å²) in [5.74, 6) is 0. The van der Waals surface area contributed by atoms with E-state index in [1.165, 1.54) is 44.9 Å². The van der Waals surface area contributed by atoms with Crippen molar-refractivity contribution in [3.63, 3.8) is 0 Å². The highest BCUT2D eigenvalue weighted by molar-refractivity contribution is 4.83. The first-order chi connectivity index (χ1) is 9.79. The van der Waals surface area contributed by atoms with Crippen molar-refractivity contribution in [3.05, 3.63) is 30.6 Å². The normalized spacial score (nSPS) is 11.2. The molecule has 20 heavy (non-hydrogen) atoms. The Morgan fingerprint density at radius 2 is 1.15 bits per heavy atom. The van der Waals surface area contributed by atoms with Gasteiger partial charge in [-0.05, 0) is 19.3 Å². The second-order valence-electron chi connectivity index (χ2n) is 5.56. The topological polar surface area (TPSA) is 44.3 Å². The van der Waals surface area contributed by atoms with Crippen LogP contribution < -0.4 is 4.57 Å². The van der Waals surface area contributed by atoms with Gasteiger partial charge in [0.1, 0.15) is 6.54 Å². The Balaban J connectivity index is 1.79. The maximum Gasteiger partial charge on any atom is 0.168 e. The largest absolute Gasteiger partial charge is 0.368 e. The van der Waals surface area contributed by atoms with E-state index in [4.69, 9.17) is 10.2 Å². The highest BCUT2D eigenvalue weighted by atomic mass is 16.5. The molecule has 0 radical (unpaired) electrons. The fraction of sp³-hybridized carbons (Fsp3) is 0.706. The van der Waals surface area contributed by atoms with E-state index >= 15 is 0 Å². The Morgan fingerprint density at radius 3 is 1.70 bits per heavy atom. The molecule has 0 aliphatic rings. The van der Waals surface area contributed by atoms with Gasteiger partial charge in [0.05, 0.1) is 0 Å². The third-order valence-electron chi connectivity index (χ3n) is 3.66. The molecule has 0 aromatic carbocycles. The lowest BCUT2D eigenvalue weighted by atomic mass is 10.1. The second-order valence-corrected chi connectivity index (χ2v) is 5.56. The van der Waals surface area contributed by atoms with E-state index in [0.29, 0.717) is 6.42 Å². The highest BCUT2D eigenvalue weighted by Crippen LogP contribution is 2.11. The number of unbranched alkanes of at least 4 members (excludes halogenated alkanes) is 8. The van der Waals surface area contributed by atoms with Crippen LogP contribution in [0.1, 0.15) is 64.2 Å². The smallest absolute Gasteiger partial charge is 0.168 e. The van der Waals surface area contributed by atoms with Crippen LogP contribution >= 0.6 is 0 Å². The predicted molar refractivity (Wildman–Crippen MR) is 81.0 cm³/mol. The standard InChI is InChI=1S/C17H30NO2/c19-17(20)13-9-6-4-2-1-3-5-7-10-14-18-15-11-8-12-16-18/h8,11-12,15-17,19-20H,1-7,9-10,13-14H2/q+1. The lowest BCUT2D eigenvalue weighted by Gasteiger charge is -2.03. The molecule has 0 saturated carbocycles. The van der Waals surface area contributed by atoms with Gasteiger partial charge in [0.25, 0.3) is 0 Å². The van der Waals surface area contributed by atoms with Crippen LogP contribution in [0.3, 0.4) is 0 Å². The zero-order valence-corrected chi connectivity index (χ0v) is 12.6. The summed E-state index contributed by atoms with van der Waals surface area (Å²) in [6, 6.07) is 6.21. The van der Waals surface area contributed by atoms with Gasteiger partial charge in [-0.25, -0.2) is 4.57 Å². The number of rotatable bonds is 12. The van der Waals surface area contributed by atoms with Crippen molar-refractivity contribution in [2.24, 2.45) is 0 Å². The van der Waals surface area contributed by atoms with Gasteiger partial charge >= 0.3 is 0 Å². The van der Waals surface area contributed by atoms with Crippen molar-refractivity contribution in [2.75, 3.05) is 0 Å². The van der Waals surface area contributed by atoms with Crippen LogP contribution in [0.25, 0.3) is 0 Å². The van der Waals surface area contributed by atoms with Crippen LogP contribution in [-0.2, 0) is 6.54 Å². The Labute approximate surface area is 123 Å². The van der Waals surface area contributed by atoms with Crippen molar-refractivity contribution in [1.29, 1.82) is 0 Å². The summed E-state index contributed by atoms with van der Waals surface area (Å²) in [5, 5.41) is 17.4. The van der Waals surface area contributed by atoms with Gasteiger partial charge in [-0.1, -0.05) is 44.6 Å². The molecule has 1 heterocycles. The Bertz CT molecular complexity index is 314. The molecule has 1 aromatic heterocycles. The van der Waals surface area contributed by atoms with Crippen LogP contribution in [0.2, 0.25) is 0 Å². The van der Waals surface area contributed by atoms with Gasteiger partial charge in [-0.3, -0.25) is 0 Å². The summed E-state index contributed by atoms with van der Waals surface area (Å²) in [6.45, 7) is 1.13. The molecule has 0 spiro atoms. The van der Waals surface area contributed by atoms with Gasteiger partial charge in [0.2, 0.25) is 0 Å². The zero-order chi connectivity index (χ0) is 14.5. The molecule has 0 unspecified atom stereocenters. The van der Waals surface area contributed by atoms with E-state index in [1.54, 1.807) is 0 Å². The molecule has 0 fully saturated rings. The second kappa shape index (κ2) is 11.9. The maximum atomic E-state index is 8.71. The number of aliphatic hydroxyl groups excluding tert-OH is 1. The van der Waals surface area contributed by atoms with Gasteiger partial charge in [0.15, 0.2) is 18.7 Å². The third-order valence-corrected chi connectivity index (χ3v) is 3.66. The Hall–Kier alpha value is -0.930. The highest BCUT2D eigenvalue weighted by Gasteiger charge is 1.99. The molecule has 0 saturated heterocycles. The summed E-state index contributed by atoms with van der Waals surface area (Å²) >= 11 is 0. The van der Waals surface area contributed by atoms with Crippen LogP contribution in [-0.4, -0.2) is 16.5 Å². The number of aliphatic hydroxyl groups is 2. The third kappa shape index (κ3) is 9.93. The zero-order valence-electron chi connectivity index (χ0n) is 12.6. The minimum atomic E-state index is -1.11. The Kier molecular flexibility index (Phi) is 10.2. The molecule has 1 aromatic rings. The van der Waals surface area contributed by atoms with Crippen molar-refractivity contribution in [3.8, 4) is 0 Å². The number of pyridine rings is 1.